The third-order valence-corrected chi connectivity index (χ3v) is 3.50. The van der Waals surface area contributed by atoms with Gasteiger partial charge in [-0.3, -0.25) is 4.79 Å². The first-order chi connectivity index (χ1) is 12.5. The van der Waals surface area contributed by atoms with Gasteiger partial charge in [0, 0.05) is 0 Å². The van der Waals surface area contributed by atoms with E-state index in [9.17, 15) is 18.4 Å². The van der Waals surface area contributed by atoms with Crippen LogP contribution in [-0.2, 0) is 11.3 Å². The summed E-state index contributed by atoms with van der Waals surface area (Å²) in [6, 6.07) is 11.9. The molecule has 2 aromatic carbocycles. The van der Waals surface area contributed by atoms with Gasteiger partial charge in [-0.15, -0.1) is 5.10 Å². The maximum atomic E-state index is 13.5. The van der Waals surface area contributed by atoms with E-state index in [-0.39, 0.29) is 5.69 Å². The van der Waals surface area contributed by atoms with E-state index >= 15 is 0 Å². The number of aromatic nitrogens is 3. The van der Waals surface area contributed by atoms with Crippen LogP contribution in [0.15, 0.2) is 54.7 Å². The fourth-order valence-corrected chi connectivity index (χ4v) is 2.23. The predicted octanol–water partition coefficient (Wildman–Crippen LogP) is 2.64. The van der Waals surface area contributed by atoms with Crippen molar-refractivity contribution < 1.29 is 23.1 Å². The molecule has 8 heteroatoms. The predicted molar refractivity (Wildman–Crippen MR) is 86.5 cm³/mol. The number of ketones is 1. The first kappa shape index (κ1) is 17.4. The maximum absolute atomic E-state index is 13.5. The fraction of sp³-hybridized carbons (Fsp3) is 0.111. The van der Waals surface area contributed by atoms with Crippen LogP contribution < -0.4 is 0 Å². The normalized spacial score (nSPS) is 10.5. The van der Waals surface area contributed by atoms with Crippen LogP contribution >= 0.6 is 0 Å². The Morgan fingerprint density at radius 3 is 2.62 bits per heavy atom. The molecule has 0 radical (unpaired) electrons. The highest BCUT2D eigenvalue weighted by atomic mass is 19.1. The minimum atomic E-state index is -0.888. The van der Waals surface area contributed by atoms with E-state index in [1.807, 2.05) is 30.3 Å². The summed E-state index contributed by atoms with van der Waals surface area (Å²) in [4.78, 5) is 23.8. The second-order valence-electron chi connectivity index (χ2n) is 5.41. The summed E-state index contributed by atoms with van der Waals surface area (Å²) >= 11 is 0. The first-order valence-corrected chi connectivity index (χ1v) is 7.62. The van der Waals surface area contributed by atoms with Crippen molar-refractivity contribution in [3.05, 3.63) is 83.2 Å². The number of benzene rings is 2. The van der Waals surface area contributed by atoms with E-state index in [0.29, 0.717) is 6.54 Å². The molecule has 0 atom stereocenters. The molecule has 0 aliphatic rings. The second-order valence-corrected chi connectivity index (χ2v) is 5.41. The van der Waals surface area contributed by atoms with Gasteiger partial charge in [0.1, 0.15) is 11.6 Å². The molecule has 0 amide bonds. The number of ether oxygens (including phenoxy) is 1. The van der Waals surface area contributed by atoms with Gasteiger partial charge in [0.15, 0.2) is 12.3 Å². The van der Waals surface area contributed by atoms with Crippen LogP contribution in [0.5, 0.6) is 0 Å². The molecule has 6 nitrogen and oxygen atoms in total. The third kappa shape index (κ3) is 4.15. The molecule has 0 bridgehead atoms. The van der Waals surface area contributed by atoms with Gasteiger partial charge in [-0.1, -0.05) is 35.5 Å². The van der Waals surface area contributed by atoms with Crippen LogP contribution in [0.4, 0.5) is 8.78 Å². The summed E-state index contributed by atoms with van der Waals surface area (Å²) in [5.41, 5.74) is 0.396. The van der Waals surface area contributed by atoms with E-state index in [0.717, 1.165) is 23.8 Å². The Hall–Kier alpha value is -3.42. The van der Waals surface area contributed by atoms with E-state index in [1.54, 1.807) is 0 Å². The lowest BCUT2D eigenvalue weighted by molar-refractivity contribution is 0.0467. The van der Waals surface area contributed by atoms with E-state index in [4.69, 9.17) is 4.74 Å². The molecule has 0 fully saturated rings. The molecular weight excluding hydrogens is 344 g/mol. The van der Waals surface area contributed by atoms with Gasteiger partial charge in [0.2, 0.25) is 5.78 Å². The van der Waals surface area contributed by atoms with Crippen molar-refractivity contribution in [2.75, 3.05) is 6.61 Å². The summed E-state index contributed by atoms with van der Waals surface area (Å²) in [5, 5.41) is 7.50. The third-order valence-electron chi connectivity index (χ3n) is 3.50. The van der Waals surface area contributed by atoms with Crippen molar-refractivity contribution in [3.8, 4) is 0 Å². The number of hydrogen-bond donors (Lipinski definition) is 0. The molecular formula is C18H13F2N3O3. The molecule has 0 spiro atoms. The Labute approximate surface area is 147 Å². The molecule has 0 N–H and O–H groups in total. The minimum absolute atomic E-state index is 0.0894. The van der Waals surface area contributed by atoms with Crippen LogP contribution in [0.3, 0.4) is 0 Å². The van der Waals surface area contributed by atoms with Crippen LogP contribution in [0.2, 0.25) is 0 Å². The van der Waals surface area contributed by atoms with Crippen LogP contribution in [0, 0.1) is 11.6 Å². The molecule has 1 aromatic heterocycles. The number of esters is 1. The molecule has 3 rings (SSSR count). The largest absolute Gasteiger partial charge is 0.452 e. The first-order valence-electron chi connectivity index (χ1n) is 7.62. The summed E-state index contributed by atoms with van der Waals surface area (Å²) in [6.45, 7) is -0.320. The van der Waals surface area contributed by atoms with Crippen molar-refractivity contribution in [2.24, 2.45) is 0 Å². The van der Waals surface area contributed by atoms with Gasteiger partial charge >= 0.3 is 5.97 Å². The molecule has 1 heterocycles. The Morgan fingerprint density at radius 2 is 1.85 bits per heavy atom. The summed E-state index contributed by atoms with van der Waals surface area (Å²) in [5.74, 6) is -3.38. The van der Waals surface area contributed by atoms with E-state index in [2.05, 4.69) is 10.3 Å². The number of halogens is 2. The lowest BCUT2D eigenvalue weighted by atomic mass is 10.1. The SMILES string of the molecule is O=C(OCC(=O)c1cc(F)ccc1F)c1cn(Cc2ccccc2)nn1. The second kappa shape index (κ2) is 7.64. The lowest BCUT2D eigenvalue weighted by Gasteiger charge is -2.04. The number of Topliss-reactive ketones (excluding diaryl/α,β-unsaturated/α-hetero) is 1. The van der Waals surface area contributed by atoms with Crippen molar-refractivity contribution in [2.45, 2.75) is 6.54 Å². The van der Waals surface area contributed by atoms with Crippen molar-refractivity contribution >= 4 is 11.8 Å². The zero-order chi connectivity index (χ0) is 18.5. The van der Waals surface area contributed by atoms with Gasteiger partial charge < -0.3 is 4.74 Å². The van der Waals surface area contributed by atoms with Crippen molar-refractivity contribution in [1.29, 1.82) is 0 Å². The smallest absolute Gasteiger partial charge is 0.360 e. The van der Waals surface area contributed by atoms with Gasteiger partial charge in [-0.2, -0.15) is 0 Å². The average Bonchev–Trinajstić information content (AvgIpc) is 3.11. The van der Waals surface area contributed by atoms with Gasteiger partial charge in [-0.25, -0.2) is 18.3 Å². The Bertz CT molecular complexity index is 942. The fourth-order valence-electron chi connectivity index (χ4n) is 2.23. The quantitative estimate of drug-likeness (QED) is 0.501. The highest BCUT2D eigenvalue weighted by Crippen LogP contribution is 2.11. The summed E-state index contributed by atoms with van der Waals surface area (Å²) in [6.07, 6.45) is 1.38. The van der Waals surface area contributed by atoms with Crippen LogP contribution in [0.25, 0.3) is 0 Å². The monoisotopic (exact) mass is 357 g/mol. The van der Waals surface area contributed by atoms with E-state index < -0.39 is 35.6 Å². The average molecular weight is 357 g/mol. The van der Waals surface area contributed by atoms with Crippen molar-refractivity contribution in [3.63, 3.8) is 0 Å². The Balaban J connectivity index is 1.60. The highest BCUT2D eigenvalue weighted by Gasteiger charge is 2.18. The topological polar surface area (TPSA) is 74.1 Å². The maximum Gasteiger partial charge on any atom is 0.360 e. The van der Waals surface area contributed by atoms with Crippen molar-refractivity contribution in [1.82, 2.24) is 15.0 Å². The number of nitrogens with zero attached hydrogens (tertiary/aromatic N) is 3. The Kier molecular flexibility index (Phi) is 5.12. The van der Waals surface area contributed by atoms with Gasteiger partial charge in [-0.05, 0) is 23.8 Å². The number of carbonyl (C=O) groups is 2. The zero-order valence-corrected chi connectivity index (χ0v) is 13.4. The van der Waals surface area contributed by atoms with Gasteiger partial charge in [0.05, 0.1) is 18.3 Å². The lowest BCUT2D eigenvalue weighted by Crippen LogP contribution is -2.16. The number of carbonyl (C=O) groups excluding carboxylic acids is 2. The molecule has 0 saturated carbocycles. The molecule has 0 saturated heterocycles. The molecule has 132 valence electrons. The highest BCUT2D eigenvalue weighted by molar-refractivity contribution is 5.99. The molecule has 0 aliphatic carbocycles. The number of rotatable bonds is 6. The molecule has 0 unspecified atom stereocenters. The van der Waals surface area contributed by atoms with Crippen LogP contribution in [-0.4, -0.2) is 33.4 Å². The van der Waals surface area contributed by atoms with Crippen LogP contribution in [0.1, 0.15) is 26.4 Å². The zero-order valence-electron chi connectivity index (χ0n) is 13.4. The molecule has 26 heavy (non-hydrogen) atoms. The molecule has 3 aromatic rings. The molecule has 0 aliphatic heterocycles. The standard InChI is InChI=1S/C18H13F2N3O3/c19-13-6-7-15(20)14(8-13)17(24)11-26-18(25)16-10-23(22-21-16)9-12-4-2-1-3-5-12/h1-8,10H,9,11H2. The number of hydrogen-bond acceptors (Lipinski definition) is 5. The van der Waals surface area contributed by atoms with E-state index in [1.165, 1.54) is 10.9 Å². The Morgan fingerprint density at radius 1 is 1.08 bits per heavy atom. The summed E-state index contributed by atoms with van der Waals surface area (Å²) in [7, 11) is 0. The minimum Gasteiger partial charge on any atom is -0.452 e. The van der Waals surface area contributed by atoms with Gasteiger partial charge in [0.25, 0.3) is 0 Å². The summed E-state index contributed by atoms with van der Waals surface area (Å²) < 4.78 is 32.9.